The van der Waals surface area contributed by atoms with Gasteiger partial charge in [0, 0.05) is 18.7 Å². The van der Waals surface area contributed by atoms with Crippen LogP contribution in [0.2, 0.25) is 0 Å². The Bertz CT molecular complexity index is 1020. The van der Waals surface area contributed by atoms with Crippen LogP contribution in [0.1, 0.15) is 44.7 Å². The Morgan fingerprint density at radius 1 is 1.00 bits per heavy atom. The summed E-state index contributed by atoms with van der Waals surface area (Å²) in [6.45, 7) is 0.384. The molecule has 2 aliphatic heterocycles. The standard InChI is InChI=1S/C21H19N3O5/c25-11-13-6-4-12(5-7-13)10-22-15-3-1-2-14-18(15)21(29)24(20(14)28)16-8-9-17(26)23-19(16)27/h1-7,16,22,25H,8-11H2,(H,23,26,27). The van der Waals surface area contributed by atoms with Gasteiger partial charge in [0.15, 0.2) is 0 Å². The fourth-order valence-corrected chi connectivity index (χ4v) is 3.62. The number of rotatable bonds is 5. The van der Waals surface area contributed by atoms with Crippen molar-refractivity contribution in [1.82, 2.24) is 10.2 Å². The molecule has 2 aromatic rings. The number of nitrogens with zero attached hydrogens (tertiary/aromatic N) is 1. The summed E-state index contributed by atoms with van der Waals surface area (Å²) in [6.07, 6.45) is 0.203. The van der Waals surface area contributed by atoms with E-state index in [1.807, 2.05) is 24.3 Å². The van der Waals surface area contributed by atoms with Gasteiger partial charge in [0.1, 0.15) is 6.04 Å². The molecule has 4 rings (SSSR count). The van der Waals surface area contributed by atoms with E-state index in [1.54, 1.807) is 18.2 Å². The third kappa shape index (κ3) is 3.38. The summed E-state index contributed by atoms with van der Waals surface area (Å²) in [5, 5.41) is 14.5. The van der Waals surface area contributed by atoms with E-state index < -0.39 is 29.7 Å². The summed E-state index contributed by atoms with van der Waals surface area (Å²) in [6, 6.07) is 11.3. The van der Waals surface area contributed by atoms with Gasteiger partial charge in [-0.05, 0) is 29.7 Å². The summed E-state index contributed by atoms with van der Waals surface area (Å²) in [5.41, 5.74) is 2.71. The lowest BCUT2D eigenvalue weighted by Crippen LogP contribution is -2.54. The molecular formula is C21H19N3O5. The Balaban J connectivity index is 1.57. The minimum Gasteiger partial charge on any atom is -0.392 e. The number of aliphatic hydroxyl groups excluding tert-OH is 1. The predicted octanol–water partition coefficient (Wildman–Crippen LogP) is 1.19. The summed E-state index contributed by atoms with van der Waals surface area (Å²) >= 11 is 0. The van der Waals surface area contributed by atoms with Crippen LogP contribution in [0.5, 0.6) is 0 Å². The summed E-state index contributed by atoms with van der Waals surface area (Å²) in [7, 11) is 0. The van der Waals surface area contributed by atoms with Crippen LogP contribution in [0.15, 0.2) is 42.5 Å². The Morgan fingerprint density at radius 2 is 1.72 bits per heavy atom. The number of anilines is 1. The van der Waals surface area contributed by atoms with E-state index in [2.05, 4.69) is 10.6 Å². The molecule has 1 unspecified atom stereocenters. The lowest BCUT2D eigenvalue weighted by molar-refractivity contribution is -0.136. The van der Waals surface area contributed by atoms with Crippen molar-refractivity contribution in [2.24, 2.45) is 0 Å². The average molecular weight is 393 g/mol. The van der Waals surface area contributed by atoms with Crippen molar-refractivity contribution < 1.29 is 24.3 Å². The SMILES string of the molecule is O=C1CCC(N2C(=O)c3cccc(NCc4ccc(CO)cc4)c3C2=O)C(=O)N1. The molecule has 2 aliphatic rings. The first-order chi connectivity index (χ1) is 14.0. The molecule has 2 heterocycles. The largest absolute Gasteiger partial charge is 0.392 e. The molecule has 148 valence electrons. The summed E-state index contributed by atoms with van der Waals surface area (Å²) in [4.78, 5) is 50.3. The van der Waals surface area contributed by atoms with Gasteiger partial charge in [-0.15, -0.1) is 0 Å². The molecule has 0 aliphatic carbocycles. The second-order valence-electron chi connectivity index (χ2n) is 7.00. The first kappa shape index (κ1) is 18.8. The first-order valence-electron chi connectivity index (χ1n) is 9.26. The number of aliphatic hydroxyl groups is 1. The molecule has 8 heteroatoms. The number of fused-ring (bicyclic) bond motifs is 1. The van der Waals surface area contributed by atoms with Crippen LogP contribution in [0, 0.1) is 0 Å². The number of imide groups is 2. The van der Waals surface area contributed by atoms with Crippen LogP contribution < -0.4 is 10.6 Å². The van der Waals surface area contributed by atoms with E-state index in [9.17, 15) is 19.2 Å². The molecule has 3 N–H and O–H groups in total. The molecule has 0 aromatic heterocycles. The third-order valence-electron chi connectivity index (χ3n) is 5.16. The fraction of sp³-hybridized carbons (Fsp3) is 0.238. The normalized spacial score (nSPS) is 18.7. The highest BCUT2D eigenvalue weighted by Gasteiger charge is 2.45. The van der Waals surface area contributed by atoms with Gasteiger partial charge in [-0.1, -0.05) is 30.3 Å². The molecule has 29 heavy (non-hydrogen) atoms. The van der Waals surface area contributed by atoms with Crippen LogP contribution >= 0.6 is 0 Å². The Hall–Kier alpha value is -3.52. The van der Waals surface area contributed by atoms with Crippen molar-refractivity contribution in [3.8, 4) is 0 Å². The highest BCUT2D eigenvalue weighted by Crippen LogP contribution is 2.32. The van der Waals surface area contributed by atoms with E-state index >= 15 is 0 Å². The molecule has 1 fully saturated rings. The second kappa shape index (κ2) is 7.48. The summed E-state index contributed by atoms with van der Waals surface area (Å²) < 4.78 is 0. The molecule has 2 aromatic carbocycles. The summed E-state index contributed by atoms with van der Waals surface area (Å²) in [5.74, 6) is -2.11. The molecule has 0 saturated carbocycles. The van der Waals surface area contributed by atoms with E-state index in [-0.39, 0.29) is 30.6 Å². The number of hydrogen-bond donors (Lipinski definition) is 3. The van der Waals surface area contributed by atoms with Crippen molar-refractivity contribution >= 4 is 29.3 Å². The zero-order valence-corrected chi connectivity index (χ0v) is 15.5. The van der Waals surface area contributed by atoms with Crippen LogP contribution in [0.3, 0.4) is 0 Å². The minimum atomic E-state index is -0.987. The zero-order valence-electron chi connectivity index (χ0n) is 15.5. The van der Waals surface area contributed by atoms with Gasteiger partial charge in [0.2, 0.25) is 11.8 Å². The van der Waals surface area contributed by atoms with Gasteiger partial charge in [-0.2, -0.15) is 0 Å². The quantitative estimate of drug-likeness (QED) is 0.658. The second-order valence-corrected chi connectivity index (χ2v) is 7.00. The molecular weight excluding hydrogens is 374 g/mol. The Morgan fingerprint density at radius 3 is 2.41 bits per heavy atom. The number of carbonyl (C=O) groups is 4. The topological polar surface area (TPSA) is 116 Å². The van der Waals surface area contributed by atoms with E-state index in [1.165, 1.54) is 0 Å². The van der Waals surface area contributed by atoms with Crippen molar-refractivity contribution in [3.63, 3.8) is 0 Å². The number of nitrogens with one attached hydrogen (secondary N) is 2. The van der Waals surface area contributed by atoms with Crippen molar-refractivity contribution in [2.45, 2.75) is 32.0 Å². The number of piperidine rings is 1. The number of carbonyl (C=O) groups excluding carboxylic acids is 4. The van der Waals surface area contributed by atoms with Crippen LogP contribution in [0.25, 0.3) is 0 Å². The lowest BCUT2D eigenvalue weighted by atomic mass is 10.0. The monoisotopic (exact) mass is 393 g/mol. The van der Waals surface area contributed by atoms with Crippen LogP contribution in [0.4, 0.5) is 5.69 Å². The van der Waals surface area contributed by atoms with Gasteiger partial charge in [-0.25, -0.2) is 0 Å². The number of benzene rings is 2. The van der Waals surface area contributed by atoms with Gasteiger partial charge in [-0.3, -0.25) is 29.4 Å². The molecule has 4 amide bonds. The van der Waals surface area contributed by atoms with Gasteiger partial charge in [0.25, 0.3) is 11.8 Å². The Labute approximate surface area is 166 Å². The fourth-order valence-electron chi connectivity index (χ4n) is 3.62. The molecule has 1 atom stereocenters. The van der Waals surface area contributed by atoms with Crippen LogP contribution in [-0.2, 0) is 22.7 Å². The molecule has 8 nitrogen and oxygen atoms in total. The molecule has 1 saturated heterocycles. The van der Waals surface area contributed by atoms with Gasteiger partial charge < -0.3 is 10.4 Å². The average Bonchev–Trinajstić information content (AvgIpc) is 2.98. The first-order valence-corrected chi connectivity index (χ1v) is 9.26. The van der Waals surface area contributed by atoms with E-state index in [0.717, 1.165) is 16.0 Å². The smallest absolute Gasteiger partial charge is 0.264 e. The maximum absolute atomic E-state index is 13.0. The van der Waals surface area contributed by atoms with Crippen LogP contribution in [-0.4, -0.2) is 39.7 Å². The third-order valence-corrected chi connectivity index (χ3v) is 5.16. The minimum absolute atomic E-state index is 0.0350. The molecule has 0 radical (unpaired) electrons. The highest BCUT2D eigenvalue weighted by molar-refractivity contribution is 6.25. The van der Waals surface area contributed by atoms with Gasteiger partial charge >= 0.3 is 0 Å². The van der Waals surface area contributed by atoms with Crippen molar-refractivity contribution in [3.05, 3.63) is 64.7 Å². The maximum atomic E-state index is 13.0. The number of hydrogen-bond acceptors (Lipinski definition) is 6. The van der Waals surface area contributed by atoms with Crippen molar-refractivity contribution in [2.75, 3.05) is 5.32 Å². The van der Waals surface area contributed by atoms with E-state index in [4.69, 9.17) is 5.11 Å². The molecule has 0 spiro atoms. The molecule has 0 bridgehead atoms. The number of amides is 4. The Kier molecular flexibility index (Phi) is 4.85. The zero-order chi connectivity index (χ0) is 20.5. The van der Waals surface area contributed by atoms with Gasteiger partial charge in [0.05, 0.1) is 17.7 Å². The lowest BCUT2D eigenvalue weighted by Gasteiger charge is -2.27. The predicted molar refractivity (Wildman–Crippen MR) is 103 cm³/mol. The van der Waals surface area contributed by atoms with E-state index in [0.29, 0.717) is 12.2 Å². The maximum Gasteiger partial charge on any atom is 0.264 e. The van der Waals surface area contributed by atoms with Crippen molar-refractivity contribution in [1.29, 1.82) is 0 Å². The highest BCUT2D eigenvalue weighted by atomic mass is 16.3.